The van der Waals surface area contributed by atoms with Crippen LogP contribution in [0.15, 0.2) is 59.5 Å². The molecule has 7 nitrogen and oxygen atoms in total. The molecular formula is C27H38N2O5S2. The van der Waals surface area contributed by atoms with Crippen LogP contribution in [0.2, 0.25) is 0 Å². The van der Waals surface area contributed by atoms with Crippen LogP contribution in [-0.2, 0) is 19.6 Å². The number of Topliss-reactive ketones (excluding diaryl/α,β-unsaturated/α-hetero) is 1. The lowest BCUT2D eigenvalue weighted by molar-refractivity contribution is -0.115. The molecule has 1 aliphatic heterocycles. The van der Waals surface area contributed by atoms with E-state index in [1.54, 1.807) is 28.6 Å². The number of sulfonamides is 1. The van der Waals surface area contributed by atoms with Crippen molar-refractivity contribution in [3.8, 4) is 11.5 Å². The molecule has 1 aliphatic rings. The number of ketones is 1. The summed E-state index contributed by atoms with van der Waals surface area (Å²) in [6, 6.07) is 15.6. The lowest BCUT2D eigenvalue weighted by atomic mass is 10.1. The number of ether oxygens (including phenoxy) is 1. The summed E-state index contributed by atoms with van der Waals surface area (Å²) in [4.78, 5) is 23.5. The Labute approximate surface area is 220 Å². The number of carbonyl (C=O) groups is 2. The average molecular weight is 535 g/mol. The minimum atomic E-state index is -3.71. The molecule has 0 unspecified atom stereocenters. The van der Waals surface area contributed by atoms with Crippen molar-refractivity contribution < 1.29 is 22.7 Å². The van der Waals surface area contributed by atoms with Gasteiger partial charge in [0, 0.05) is 31.8 Å². The van der Waals surface area contributed by atoms with Gasteiger partial charge in [-0.15, -0.1) is 0 Å². The van der Waals surface area contributed by atoms with Crippen molar-refractivity contribution in [2.75, 3.05) is 31.9 Å². The molecule has 1 saturated heterocycles. The number of thioether (sulfide) groups is 1. The van der Waals surface area contributed by atoms with Crippen LogP contribution in [-0.4, -0.2) is 66.5 Å². The van der Waals surface area contributed by atoms with Gasteiger partial charge in [-0.05, 0) is 83.1 Å². The van der Waals surface area contributed by atoms with Crippen LogP contribution in [0.4, 0.5) is 0 Å². The quantitative estimate of drug-likeness (QED) is 0.413. The Kier molecular flexibility index (Phi) is 12.6. The summed E-state index contributed by atoms with van der Waals surface area (Å²) in [5, 5.41) is -0.00681. The Morgan fingerprint density at radius 1 is 0.944 bits per heavy atom. The van der Waals surface area contributed by atoms with Gasteiger partial charge in [0.05, 0.1) is 4.90 Å². The summed E-state index contributed by atoms with van der Waals surface area (Å²) in [5.74, 6) is 1.88. The maximum absolute atomic E-state index is 13.5. The van der Waals surface area contributed by atoms with Gasteiger partial charge in [-0.2, -0.15) is 4.31 Å². The van der Waals surface area contributed by atoms with Crippen molar-refractivity contribution in [1.29, 1.82) is 0 Å². The minimum absolute atomic E-state index is 0.00681. The number of nitrogens with zero attached hydrogens (tertiary/aromatic N) is 2. The van der Waals surface area contributed by atoms with Crippen molar-refractivity contribution in [1.82, 2.24) is 9.21 Å². The summed E-state index contributed by atoms with van der Waals surface area (Å²) in [7, 11) is -3.71. The molecule has 2 aromatic carbocycles. The SMILES string of the molecule is CC(=O)SC[C@H](C)N(CCN1CCCCC1)S(=O)(=O)c1ccc(Oc2ccccc2)cc1.CC(C)=O. The van der Waals surface area contributed by atoms with Crippen molar-refractivity contribution in [3.63, 3.8) is 0 Å². The van der Waals surface area contributed by atoms with E-state index in [0.29, 0.717) is 30.3 Å². The van der Waals surface area contributed by atoms with Crippen LogP contribution in [0.25, 0.3) is 0 Å². The topological polar surface area (TPSA) is 84.0 Å². The van der Waals surface area contributed by atoms with Crippen LogP contribution in [0.3, 0.4) is 0 Å². The first-order valence-corrected chi connectivity index (χ1v) is 14.7. The predicted octanol–water partition coefficient (Wildman–Crippen LogP) is 5.22. The maximum Gasteiger partial charge on any atom is 0.243 e. The molecule has 1 heterocycles. The first-order valence-electron chi connectivity index (χ1n) is 12.3. The zero-order valence-electron chi connectivity index (χ0n) is 21.7. The monoisotopic (exact) mass is 534 g/mol. The third-order valence-electron chi connectivity index (χ3n) is 5.51. The van der Waals surface area contributed by atoms with E-state index in [4.69, 9.17) is 4.74 Å². The van der Waals surface area contributed by atoms with Gasteiger partial charge in [-0.25, -0.2) is 8.42 Å². The van der Waals surface area contributed by atoms with Gasteiger partial charge in [0.2, 0.25) is 10.0 Å². The van der Waals surface area contributed by atoms with Crippen LogP contribution >= 0.6 is 11.8 Å². The Morgan fingerprint density at radius 2 is 1.50 bits per heavy atom. The molecule has 1 atom stereocenters. The summed E-state index contributed by atoms with van der Waals surface area (Å²) in [6.07, 6.45) is 3.55. The first kappa shape index (κ1) is 30.0. The molecule has 0 amide bonds. The van der Waals surface area contributed by atoms with E-state index < -0.39 is 10.0 Å². The smallest absolute Gasteiger partial charge is 0.243 e. The number of benzene rings is 2. The zero-order valence-corrected chi connectivity index (χ0v) is 23.3. The third kappa shape index (κ3) is 10.4. The molecule has 9 heteroatoms. The molecule has 0 aromatic heterocycles. The highest BCUT2D eigenvalue weighted by molar-refractivity contribution is 8.13. The maximum atomic E-state index is 13.5. The molecule has 0 bridgehead atoms. The first-order chi connectivity index (χ1) is 17.1. The van der Waals surface area contributed by atoms with E-state index >= 15 is 0 Å². The van der Waals surface area contributed by atoms with Gasteiger partial charge in [0.1, 0.15) is 17.3 Å². The Hall–Kier alpha value is -2.20. The number of hydrogen-bond donors (Lipinski definition) is 0. The second kappa shape index (κ2) is 15.1. The normalized spacial score (nSPS) is 15.0. The molecule has 0 N–H and O–H groups in total. The molecule has 0 aliphatic carbocycles. The van der Waals surface area contributed by atoms with Crippen LogP contribution in [0.5, 0.6) is 11.5 Å². The van der Waals surface area contributed by atoms with E-state index in [1.165, 1.54) is 39.0 Å². The summed E-state index contributed by atoms with van der Waals surface area (Å²) in [5.41, 5.74) is 0. The largest absolute Gasteiger partial charge is 0.457 e. The zero-order chi connectivity index (χ0) is 26.6. The van der Waals surface area contributed by atoms with Crippen LogP contribution in [0.1, 0.15) is 47.0 Å². The fourth-order valence-corrected chi connectivity index (χ4v) is 6.13. The number of likely N-dealkylation sites (tertiary alicyclic amines) is 1. The van der Waals surface area contributed by atoms with E-state index in [9.17, 15) is 18.0 Å². The molecular weight excluding hydrogens is 496 g/mol. The van der Waals surface area contributed by atoms with Gasteiger partial charge < -0.3 is 14.4 Å². The summed E-state index contributed by atoms with van der Waals surface area (Å²) < 4.78 is 34.4. The lowest BCUT2D eigenvalue weighted by Crippen LogP contribution is -2.45. The molecule has 3 rings (SSSR count). The van der Waals surface area contributed by atoms with Crippen molar-refractivity contribution in [2.45, 2.75) is 57.9 Å². The molecule has 198 valence electrons. The van der Waals surface area contributed by atoms with Gasteiger partial charge in [0.25, 0.3) is 0 Å². The highest BCUT2D eigenvalue weighted by atomic mass is 32.2. The van der Waals surface area contributed by atoms with Crippen molar-refractivity contribution in [2.24, 2.45) is 0 Å². The van der Waals surface area contributed by atoms with Crippen molar-refractivity contribution in [3.05, 3.63) is 54.6 Å². The average Bonchev–Trinajstić information content (AvgIpc) is 2.84. The third-order valence-corrected chi connectivity index (χ3v) is 8.60. The number of para-hydroxylation sites is 1. The summed E-state index contributed by atoms with van der Waals surface area (Å²) in [6.45, 7) is 9.56. The van der Waals surface area contributed by atoms with E-state index in [-0.39, 0.29) is 21.8 Å². The second-order valence-electron chi connectivity index (χ2n) is 8.96. The Morgan fingerprint density at radius 3 is 2.06 bits per heavy atom. The highest BCUT2D eigenvalue weighted by Crippen LogP contribution is 2.26. The highest BCUT2D eigenvalue weighted by Gasteiger charge is 2.30. The van der Waals surface area contributed by atoms with Gasteiger partial charge in [-0.1, -0.05) is 36.4 Å². The van der Waals surface area contributed by atoms with E-state index in [1.807, 2.05) is 37.3 Å². The van der Waals surface area contributed by atoms with Crippen LogP contribution < -0.4 is 4.74 Å². The van der Waals surface area contributed by atoms with Crippen molar-refractivity contribution >= 4 is 32.7 Å². The standard InChI is InChI=1S/C24H32N2O4S2.C3H6O/c1-20(19-31-21(2)27)26(18-17-25-15-7-4-8-16-25)32(28,29)24-13-11-23(12-14-24)30-22-9-5-3-6-10-22;1-3(2)4/h3,5-6,9-14,20H,4,7-8,15-19H2,1-2H3;1-2H3/t20-;/m0./s1. The number of piperidine rings is 1. The summed E-state index contributed by atoms with van der Waals surface area (Å²) >= 11 is 1.17. The molecule has 0 spiro atoms. The molecule has 0 radical (unpaired) electrons. The fourth-order valence-electron chi connectivity index (χ4n) is 3.76. The number of carbonyl (C=O) groups excluding carboxylic acids is 2. The van der Waals surface area contributed by atoms with Gasteiger partial charge in [0.15, 0.2) is 5.12 Å². The molecule has 0 saturated carbocycles. The Bertz CT molecular complexity index is 1050. The van der Waals surface area contributed by atoms with E-state index in [0.717, 1.165) is 25.9 Å². The molecule has 36 heavy (non-hydrogen) atoms. The van der Waals surface area contributed by atoms with Crippen LogP contribution in [0, 0.1) is 0 Å². The number of rotatable bonds is 10. The minimum Gasteiger partial charge on any atom is -0.457 e. The fraction of sp³-hybridized carbons (Fsp3) is 0.481. The predicted molar refractivity (Wildman–Crippen MR) is 146 cm³/mol. The second-order valence-corrected chi connectivity index (χ2v) is 12.1. The number of hydrogen-bond acceptors (Lipinski definition) is 7. The molecule has 2 aromatic rings. The van der Waals surface area contributed by atoms with Gasteiger partial charge in [-0.3, -0.25) is 4.79 Å². The van der Waals surface area contributed by atoms with E-state index in [2.05, 4.69) is 4.90 Å². The van der Waals surface area contributed by atoms with Gasteiger partial charge >= 0.3 is 0 Å². The molecule has 1 fully saturated rings. The lowest BCUT2D eigenvalue weighted by Gasteiger charge is -2.32. The Balaban J connectivity index is 0.00000106.